The Hall–Kier alpha value is -2.54. The first-order valence-electron chi connectivity index (χ1n) is 7.26. The van der Waals surface area contributed by atoms with Crippen LogP contribution in [0.15, 0.2) is 24.5 Å². The number of nitrogens with one attached hydrogen (secondary N) is 2. The van der Waals surface area contributed by atoms with Crippen LogP contribution in [0.2, 0.25) is 5.02 Å². The maximum absolute atomic E-state index is 12.4. The van der Waals surface area contributed by atoms with Crippen molar-refractivity contribution < 1.29 is 14.3 Å². The lowest BCUT2D eigenvalue weighted by Crippen LogP contribution is -2.16. The monoisotopic (exact) mass is 350 g/mol. The van der Waals surface area contributed by atoms with Crippen LogP contribution in [-0.4, -0.2) is 36.1 Å². The number of halogens is 1. The highest BCUT2D eigenvalue weighted by atomic mass is 35.5. The molecule has 0 aliphatic heterocycles. The first kappa shape index (κ1) is 17.8. The van der Waals surface area contributed by atoms with E-state index in [1.54, 1.807) is 12.1 Å². The second-order valence-corrected chi connectivity index (χ2v) is 5.64. The Morgan fingerprint density at radius 2 is 1.75 bits per heavy atom. The smallest absolute Gasteiger partial charge is 0.258 e. The number of nitrogens with zero attached hydrogens (tertiary/aromatic N) is 2. The zero-order valence-corrected chi connectivity index (χ0v) is 14.6. The number of methoxy groups -OCH3 is 2. The number of hydrogen-bond acceptors (Lipinski definition) is 6. The summed E-state index contributed by atoms with van der Waals surface area (Å²) >= 11 is 6.05. The molecule has 2 aromatic rings. The summed E-state index contributed by atoms with van der Waals surface area (Å²) in [5, 5.41) is 6.18. The molecule has 0 unspecified atom stereocenters. The molecular weight excluding hydrogens is 332 g/mol. The number of aromatic nitrogens is 2. The van der Waals surface area contributed by atoms with Crippen LogP contribution in [-0.2, 0) is 0 Å². The van der Waals surface area contributed by atoms with Crippen molar-refractivity contribution in [1.29, 1.82) is 0 Å². The number of hydrogen-bond donors (Lipinski definition) is 2. The van der Waals surface area contributed by atoms with Crippen LogP contribution >= 0.6 is 11.6 Å². The lowest BCUT2D eigenvalue weighted by molar-refractivity contribution is 0.102. The molecule has 1 aromatic carbocycles. The van der Waals surface area contributed by atoms with E-state index in [4.69, 9.17) is 21.1 Å². The maximum Gasteiger partial charge on any atom is 0.258 e. The van der Waals surface area contributed by atoms with E-state index in [-0.39, 0.29) is 11.9 Å². The fraction of sp³-hybridized carbons (Fsp3) is 0.312. The molecule has 1 aromatic heterocycles. The first-order chi connectivity index (χ1) is 11.4. The van der Waals surface area contributed by atoms with E-state index >= 15 is 0 Å². The van der Waals surface area contributed by atoms with Gasteiger partial charge in [-0.25, -0.2) is 9.97 Å². The lowest BCUT2D eigenvalue weighted by atomic mass is 10.2. The number of carbonyl (C=O) groups is 1. The highest BCUT2D eigenvalue weighted by Crippen LogP contribution is 2.36. The SMILES string of the molecule is COc1cc(NC(=O)c2cnc(NC(C)C)nc2)c(OC)cc1Cl. The van der Waals surface area contributed by atoms with Crippen molar-refractivity contribution in [3.8, 4) is 11.5 Å². The Kier molecular flexibility index (Phi) is 5.81. The summed E-state index contributed by atoms with van der Waals surface area (Å²) in [4.78, 5) is 20.6. The van der Waals surface area contributed by atoms with Gasteiger partial charge in [-0.1, -0.05) is 11.6 Å². The Balaban J connectivity index is 2.20. The third-order valence-corrected chi connectivity index (χ3v) is 3.35. The van der Waals surface area contributed by atoms with Gasteiger partial charge < -0.3 is 20.1 Å². The molecular formula is C16H19ClN4O3. The quantitative estimate of drug-likeness (QED) is 0.832. The Morgan fingerprint density at radius 3 is 2.29 bits per heavy atom. The lowest BCUT2D eigenvalue weighted by Gasteiger charge is -2.13. The van der Waals surface area contributed by atoms with E-state index < -0.39 is 0 Å². The van der Waals surface area contributed by atoms with Crippen LogP contribution in [0.4, 0.5) is 11.6 Å². The van der Waals surface area contributed by atoms with E-state index in [2.05, 4.69) is 20.6 Å². The molecule has 128 valence electrons. The minimum absolute atomic E-state index is 0.204. The Morgan fingerprint density at radius 1 is 1.12 bits per heavy atom. The van der Waals surface area contributed by atoms with Crippen molar-refractivity contribution in [2.75, 3.05) is 24.9 Å². The molecule has 2 rings (SSSR count). The van der Waals surface area contributed by atoms with Gasteiger partial charge in [0, 0.05) is 30.6 Å². The van der Waals surface area contributed by atoms with E-state index in [1.807, 2.05) is 13.8 Å². The van der Waals surface area contributed by atoms with E-state index in [0.717, 1.165) is 0 Å². The normalized spacial score (nSPS) is 10.4. The van der Waals surface area contributed by atoms with Gasteiger partial charge in [0.05, 0.1) is 30.5 Å². The van der Waals surface area contributed by atoms with Gasteiger partial charge in [-0.3, -0.25) is 4.79 Å². The summed E-state index contributed by atoms with van der Waals surface area (Å²) in [5.41, 5.74) is 0.758. The van der Waals surface area contributed by atoms with Crippen molar-refractivity contribution in [3.05, 3.63) is 35.1 Å². The minimum atomic E-state index is -0.367. The largest absolute Gasteiger partial charge is 0.495 e. The molecule has 1 amide bonds. The zero-order chi connectivity index (χ0) is 17.7. The molecule has 7 nitrogen and oxygen atoms in total. The highest BCUT2D eigenvalue weighted by molar-refractivity contribution is 6.32. The second-order valence-electron chi connectivity index (χ2n) is 5.24. The van der Waals surface area contributed by atoms with Crippen molar-refractivity contribution in [1.82, 2.24) is 9.97 Å². The minimum Gasteiger partial charge on any atom is -0.495 e. The Labute approximate surface area is 145 Å². The molecule has 0 saturated carbocycles. The summed E-state index contributed by atoms with van der Waals surface area (Å²) in [5.74, 6) is 0.953. The molecule has 2 N–H and O–H groups in total. The predicted molar refractivity (Wildman–Crippen MR) is 93.3 cm³/mol. The predicted octanol–water partition coefficient (Wildman–Crippen LogP) is 3.22. The van der Waals surface area contributed by atoms with E-state index in [1.165, 1.54) is 26.6 Å². The van der Waals surface area contributed by atoms with Gasteiger partial charge in [0.2, 0.25) is 5.95 Å². The van der Waals surface area contributed by atoms with E-state index in [9.17, 15) is 4.79 Å². The van der Waals surface area contributed by atoms with Gasteiger partial charge in [0.25, 0.3) is 5.91 Å². The molecule has 24 heavy (non-hydrogen) atoms. The number of anilines is 2. The molecule has 1 heterocycles. The third-order valence-electron chi connectivity index (χ3n) is 3.05. The summed E-state index contributed by atoms with van der Waals surface area (Å²) in [6, 6.07) is 3.37. The van der Waals surface area contributed by atoms with Crippen molar-refractivity contribution in [2.24, 2.45) is 0 Å². The van der Waals surface area contributed by atoms with E-state index in [0.29, 0.717) is 33.7 Å². The van der Waals surface area contributed by atoms with Gasteiger partial charge in [0.1, 0.15) is 11.5 Å². The van der Waals surface area contributed by atoms with Crippen LogP contribution in [0.5, 0.6) is 11.5 Å². The molecule has 0 aliphatic rings. The van der Waals surface area contributed by atoms with Gasteiger partial charge >= 0.3 is 0 Å². The van der Waals surface area contributed by atoms with Crippen LogP contribution in [0, 0.1) is 0 Å². The standard InChI is InChI=1S/C16H19ClN4O3/c1-9(2)20-16-18-7-10(8-19-16)15(22)21-12-6-13(23-3)11(17)5-14(12)24-4/h5-9H,1-4H3,(H,21,22)(H,18,19,20). The molecule has 0 atom stereocenters. The van der Waals surface area contributed by atoms with Crippen LogP contribution in [0.25, 0.3) is 0 Å². The number of carbonyl (C=O) groups excluding carboxylic acids is 1. The van der Waals surface area contributed by atoms with Gasteiger partial charge in [0.15, 0.2) is 0 Å². The van der Waals surface area contributed by atoms with Crippen molar-refractivity contribution in [3.63, 3.8) is 0 Å². The van der Waals surface area contributed by atoms with Gasteiger partial charge in [-0.2, -0.15) is 0 Å². The average molecular weight is 351 g/mol. The molecule has 0 spiro atoms. The number of rotatable bonds is 6. The van der Waals surface area contributed by atoms with Crippen molar-refractivity contribution in [2.45, 2.75) is 19.9 Å². The Bertz CT molecular complexity index is 720. The third kappa shape index (κ3) is 4.26. The van der Waals surface area contributed by atoms with Gasteiger partial charge in [-0.05, 0) is 13.8 Å². The molecule has 0 bridgehead atoms. The second kappa shape index (κ2) is 7.83. The fourth-order valence-electron chi connectivity index (χ4n) is 1.93. The fourth-order valence-corrected chi connectivity index (χ4v) is 2.16. The summed E-state index contributed by atoms with van der Waals surface area (Å²) in [6.45, 7) is 3.95. The number of benzene rings is 1. The highest BCUT2D eigenvalue weighted by Gasteiger charge is 2.14. The topological polar surface area (TPSA) is 85.4 Å². The molecule has 0 aliphatic carbocycles. The molecule has 0 saturated heterocycles. The summed E-state index contributed by atoms with van der Waals surface area (Å²) in [7, 11) is 2.98. The van der Waals surface area contributed by atoms with Crippen LogP contribution < -0.4 is 20.1 Å². The average Bonchev–Trinajstić information content (AvgIpc) is 2.56. The van der Waals surface area contributed by atoms with Gasteiger partial charge in [-0.15, -0.1) is 0 Å². The summed E-state index contributed by atoms with van der Waals surface area (Å²) in [6.07, 6.45) is 2.90. The van der Waals surface area contributed by atoms with Crippen molar-refractivity contribution >= 4 is 29.1 Å². The van der Waals surface area contributed by atoms with Crippen LogP contribution in [0.3, 0.4) is 0 Å². The first-order valence-corrected chi connectivity index (χ1v) is 7.63. The molecule has 8 heteroatoms. The van der Waals surface area contributed by atoms with Crippen LogP contribution in [0.1, 0.15) is 24.2 Å². The summed E-state index contributed by atoms with van der Waals surface area (Å²) < 4.78 is 10.4. The zero-order valence-electron chi connectivity index (χ0n) is 13.9. The molecule has 0 fully saturated rings. The molecule has 0 radical (unpaired) electrons. The number of amides is 1. The maximum atomic E-state index is 12.4. The number of ether oxygens (including phenoxy) is 2.